The molecular formula is C19H22N2O3. The van der Waals surface area contributed by atoms with E-state index in [0.29, 0.717) is 0 Å². The summed E-state index contributed by atoms with van der Waals surface area (Å²) in [4.78, 5) is 22.5. The summed E-state index contributed by atoms with van der Waals surface area (Å²) in [6, 6.07) is 11.9. The summed E-state index contributed by atoms with van der Waals surface area (Å²) in [5, 5.41) is 5.50. The molecular weight excluding hydrogens is 304 g/mol. The highest BCUT2D eigenvalue weighted by Crippen LogP contribution is 2.22. The molecule has 2 N–H and O–H groups in total. The second-order valence-electron chi connectivity index (χ2n) is 5.77. The Hall–Kier alpha value is -2.82. The van der Waals surface area contributed by atoms with Gasteiger partial charge in [-0.25, -0.2) is 4.79 Å². The number of hydrogen-bond donors (Lipinski definition) is 2. The number of methoxy groups -OCH3 is 1. The van der Waals surface area contributed by atoms with Gasteiger partial charge in [0.05, 0.1) is 7.11 Å². The number of anilines is 2. The number of hydrogen-bond acceptors (Lipinski definition) is 3. The maximum Gasteiger partial charge on any atom is 0.411 e. The molecule has 0 unspecified atom stereocenters. The van der Waals surface area contributed by atoms with E-state index in [1.807, 2.05) is 44.2 Å². The molecule has 2 rings (SSSR count). The molecule has 126 valence electrons. The lowest BCUT2D eigenvalue weighted by Gasteiger charge is -2.11. The maximum atomic E-state index is 11.3. The monoisotopic (exact) mass is 326 g/mol. The van der Waals surface area contributed by atoms with Gasteiger partial charge >= 0.3 is 6.09 Å². The largest absolute Gasteiger partial charge is 0.453 e. The fourth-order valence-corrected chi connectivity index (χ4v) is 2.54. The van der Waals surface area contributed by atoms with Crippen molar-refractivity contribution >= 4 is 23.4 Å². The quantitative estimate of drug-likeness (QED) is 0.891. The van der Waals surface area contributed by atoms with Crippen LogP contribution < -0.4 is 10.6 Å². The van der Waals surface area contributed by atoms with Crippen LogP contribution in [0.15, 0.2) is 36.4 Å². The molecule has 0 spiro atoms. The molecule has 0 heterocycles. The van der Waals surface area contributed by atoms with Gasteiger partial charge in [-0.1, -0.05) is 24.3 Å². The van der Waals surface area contributed by atoms with E-state index in [9.17, 15) is 9.59 Å². The van der Waals surface area contributed by atoms with Gasteiger partial charge < -0.3 is 10.1 Å². The Labute approximate surface area is 142 Å². The topological polar surface area (TPSA) is 67.4 Å². The minimum absolute atomic E-state index is 0.0739. The molecule has 24 heavy (non-hydrogen) atoms. The molecule has 0 aliphatic carbocycles. The van der Waals surface area contributed by atoms with Crippen molar-refractivity contribution in [2.24, 2.45) is 0 Å². The highest BCUT2D eigenvalue weighted by Gasteiger charge is 2.07. The summed E-state index contributed by atoms with van der Waals surface area (Å²) in [6.07, 6.45) is 0.301. The highest BCUT2D eigenvalue weighted by atomic mass is 16.5. The maximum absolute atomic E-state index is 11.3. The third kappa shape index (κ3) is 4.59. The van der Waals surface area contributed by atoms with E-state index in [2.05, 4.69) is 21.4 Å². The van der Waals surface area contributed by atoms with Crippen molar-refractivity contribution in [3.8, 4) is 0 Å². The van der Waals surface area contributed by atoms with Crippen molar-refractivity contribution in [1.29, 1.82) is 0 Å². The molecule has 2 aromatic carbocycles. The Morgan fingerprint density at radius 1 is 0.917 bits per heavy atom. The minimum atomic E-state index is -0.477. The van der Waals surface area contributed by atoms with Crippen LogP contribution >= 0.6 is 0 Å². The van der Waals surface area contributed by atoms with Gasteiger partial charge in [0.25, 0.3) is 0 Å². The van der Waals surface area contributed by atoms with Crippen LogP contribution in [0, 0.1) is 13.8 Å². The van der Waals surface area contributed by atoms with Crippen LogP contribution in [0.3, 0.4) is 0 Å². The van der Waals surface area contributed by atoms with Gasteiger partial charge in [0.1, 0.15) is 0 Å². The predicted molar refractivity (Wildman–Crippen MR) is 95.5 cm³/mol. The molecule has 0 radical (unpaired) electrons. The summed E-state index contributed by atoms with van der Waals surface area (Å²) in [7, 11) is 1.34. The number of benzene rings is 2. The van der Waals surface area contributed by atoms with Crippen LogP contribution in [-0.2, 0) is 16.0 Å². The number of aryl methyl sites for hydroxylation is 2. The Balaban J connectivity index is 2.13. The van der Waals surface area contributed by atoms with E-state index in [-0.39, 0.29) is 5.91 Å². The molecule has 2 aromatic rings. The van der Waals surface area contributed by atoms with Crippen LogP contribution in [0.25, 0.3) is 0 Å². The van der Waals surface area contributed by atoms with Gasteiger partial charge in [-0.3, -0.25) is 10.1 Å². The smallest absolute Gasteiger partial charge is 0.411 e. The number of amides is 2. The van der Waals surface area contributed by atoms with E-state index < -0.39 is 6.09 Å². The van der Waals surface area contributed by atoms with Crippen LogP contribution in [0.1, 0.15) is 29.2 Å². The van der Waals surface area contributed by atoms with E-state index >= 15 is 0 Å². The number of ether oxygens (including phenoxy) is 1. The molecule has 0 saturated heterocycles. The fraction of sp³-hybridized carbons (Fsp3) is 0.263. The number of nitrogens with one attached hydrogen (secondary N) is 2. The molecule has 5 heteroatoms. The Morgan fingerprint density at radius 3 is 1.83 bits per heavy atom. The van der Waals surface area contributed by atoms with Crippen LogP contribution in [0.4, 0.5) is 16.2 Å². The molecule has 0 aliphatic rings. The summed E-state index contributed by atoms with van der Waals surface area (Å²) < 4.78 is 4.61. The third-order valence-corrected chi connectivity index (χ3v) is 3.72. The first-order chi connectivity index (χ1) is 11.4. The SMILES string of the molecule is COC(=O)Nc1ccc(Cc2ccc(NC(C)=O)c(C)c2)cc1C. The standard InChI is InChI=1S/C19H22N2O3/c1-12-9-15(5-7-17(12)20-14(3)22)11-16-6-8-18(13(2)10-16)21-19(23)24-4/h5-10H,11H2,1-4H3,(H,20,22)(H,21,23). The first-order valence-electron chi connectivity index (χ1n) is 7.70. The van der Waals surface area contributed by atoms with Crippen molar-refractivity contribution in [3.63, 3.8) is 0 Å². The second kappa shape index (κ2) is 7.64. The van der Waals surface area contributed by atoms with E-state index in [1.165, 1.54) is 14.0 Å². The predicted octanol–water partition coefficient (Wildman–Crippen LogP) is 4.03. The van der Waals surface area contributed by atoms with Crippen molar-refractivity contribution < 1.29 is 14.3 Å². The summed E-state index contributed by atoms with van der Waals surface area (Å²) in [6.45, 7) is 5.42. The zero-order valence-corrected chi connectivity index (χ0v) is 14.4. The van der Waals surface area contributed by atoms with Crippen molar-refractivity contribution in [2.75, 3.05) is 17.7 Å². The lowest BCUT2D eigenvalue weighted by molar-refractivity contribution is -0.114. The zero-order chi connectivity index (χ0) is 17.7. The van der Waals surface area contributed by atoms with E-state index in [4.69, 9.17) is 0 Å². The van der Waals surface area contributed by atoms with Crippen LogP contribution in [0.2, 0.25) is 0 Å². The summed E-state index contributed by atoms with van der Waals surface area (Å²) in [5.74, 6) is -0.0739. The third-order valence-electron chi connectivity index (χ3n) is 3.72. The molecule has 0 saturated carbocycles. The average molecular weight is 326 g/mol. The minimum Gasteiger partial charge on any atom is -0.453 e. The first kappa shape index (κ1) is 17.5. The van der Waals surface area contributed by atoms with Gasteiger partial charge in [-0.2, -0.15) is 0 Å². The van der Waals surface area contributed by atoms with Gasteiger partial charge in [-0.05, 0) is 54.7 Å². The molecule has 2 amide bonds. The van der Waals surface area contributed by atoms with Gasteiger partial charge in [0.2, 0.25) is 5.91 Å². The highest BCUT2D eigenvalue weighted by molar-refractivity contribution is 5.89. The first-order valence-corrected chi connectivity index (χ1v) is 7.70. The molecule has 0 fully saturated rings. The van der Waals surface area contributed by atoms with Crippen molar-refractivity contribution in [2.45, 2.75) is 27.2 Å². The van der Waals surface area contributed by atoms with Gasteiger partial charge in [0, 0.05) is 18.3 Å². The van der Waals surface area contributed by atoms with E-state index in [1.54, 1.807) is 0 Å². The molecule has 0 aromatic heterocycles. The molecule has 0 atom stereocenters. The average Bonchev–Trinajstić information content (AvgIpc) is 2.52. The normalized spacial score (nSPS) is 10.2. The van der Waals surface area contributed by atoms with Gasteiger partial charge in [-0.15, -0.1) is 0 Å². The molecule has 0 aliphatic heterocycles. The summed E-state index contributed by atoms with van der Waals surface area (Å²) in [5.41, 5.74) is 5.89. The number of rotatable bonds is 4. The second-order valence-corrected chi connectivity index (χ2v) is 5.77. The van der Waals surface area contributed by atoms with E-state index in [0.717, 1.165) is 40.0 Å². The Kier molecular flexibility index (Phi) is 5.58. The van der Waals surface area contributed by atoms with Gasteiger partial charge in [0.15, 0.2) is 0 Å². The Bertz CT molecular complexity index is 769. The number of carbonyl (C=O) groups is 2. The summed E-state index contributed by atoms with van der Waals surface area (Å²) >= 11 is 0. The van der Waals surface area contributed by atoms with Crippen molar-refractivity contribution in [1.82, 2.24) is 0 Å². The van der Waals surface area contributed by atoms with Crippen LogP contribution in [-0.4, -0.2) is 19.1 Å². The Morgan fingerprint density at radius 2 is 1.42 bits per heavy atom. The lowest BCUT2D eigenvalue weighted by Crippen LogP contribution is -2.12. The number of carbonyl (C=O) groups excluding carboxylic acids is 2. The van der Waals surface area contributed by atoms with Crippen molar-refractivity contribution in [3.05, 3.63) is 58.7 Å². The van der Waals surface area contributed by atoms with Crippen LogP contribution in [0.5, 0.6) is 0 Å². The molecule has 0 bridgehead atoms. The fourth-order valence-electron chi connectivity index (χ4n) is 2.54. The lowest BCUT2D eigenvalue weighted by atomic mass is 10.00. The zero-order valence-electron chi connectivity index (χ0n) is 14.4. The molecule has 5 nitrogen and oxygen atoms in total.